The second-order valence-electron chi connectivity index (χ2n) is 1.88. The fourth-order valence-electron chi connectivity index (χ4n) is 0.435. The van der Waals surface area contributed by atoms with Crippen molar-refractivity contribution in [3.05, 3.63) is 11.8 Å². The molecule has 0 atom stereocenters. The molecule has 10 heavy (non-hydrogen) atoms. The molecule has 0 rings (SSSR count). The quantitative estimate of drug-likeness (QED) is 0.284. The Hall–Kier alpha value is -1.32. The van der Waals surface area contributed by atoms with Crippen LogP contribution in [-0.4, -0.2) is 16.8 Å². The van der Waals surface area contributed by atoms with Crippen molar-refractivity contribution >= 4 is 11.7 Å². The Morgan fingerprint density at radius 2 is 2.10 bits per heavy atom. The zero-order valence-corrected chi connectivity index (χ0v) is 5.93. The lowest BCUT2D eigenvalue weighted by Gasteiger charge is -1.96. The number of allylic oxidation sites excluding steroid dienone is 1. The number of aliphatic hydroxyl groups excluding tert-OH is 1. The Kier molecular flexibility index (Phi) is 3.17. The van der Waals surface area contributed by atoms with Crippen molar-refractivity contribution in [1.29, 1.82) is 5.41 Å². The van der Waals surface area contributed by atoms with Crippen LogP contribution in [0.5, 0.6) is 0 Å². The molecule has 56 valence electrons. The first kappa shape index (κ1) is 8.68. The summed E-state index contributed by atoms with van der Waals surface area (Å²) in [6.45, 7) is 2.73. The third-order valence-electron chi connectivity index (χ3n) is 0.664. The van der Waals surface area contributed by atoms with Crippen molar-refractivity contribution in [1.82, 2.24) is 5.32 Å². The van der Waals surface area contributed by atoms with Gasteiger partial charge in [-0.05, 0) is 6.92 Å². The Morgan fingerprint density at radius 3 is 2.40 bits per heavy atom. The van der Waals surface area contributed by atoms with Gasteiger partial charge in [0.05, 0.1) is 5.76 Å². The van der Waals surface area contributed by atoms with E-state index in [2.05, 4.69) is 5.32 Å². The van der Waals surface area contributed by atoms with Gasteiger partial charge in [-0.25, -0.2) is 0 Å². The number of hydrogen-bond acceptors (Lipinski definition) is 3. The molecule has 0 aliphatic carbocycles. The zero-order chi connectivity index (χ0) is 8.15. The number of carbonyl (C=O) groups is 1. The summed E-state index contributed by atoms with van der Waals surface area (Å²) in [6, 6.07) is 0. The molecule has 0 aliphatic heterocycles. The molecular weight excluding hydrogens is 132 g/mol. The van der Waals surface area contributed by atoms with Gasteiger partial charge in [-0.1, -0.05) is 0 Å². The van der Waals surface area contributed by atoms with E-state index in [1.165, 1.54) is 13.8 Å². The SMILES string of the molecule is CC(=O)NC(=N)C=C(C)O. The van der Waals surface area contributed by atoms with Crippen LogP contribution in [0, 0.1) is 5.41 Å². The minimum Gasteiger partial charge on any atom is -0.512 e. The molecule has 3 N–H and O–H groups in total. The summed E-state index contributed by atoms with van der Waals surface area (Å²) >= 11 is 0. The number of amidine groups is 1. The Labute approximate surface area is 59.1 Å². The van der Waals surface area contributed by atoms with E-state index in [-0.39, 0.29) is 17.5 Å². The maximum atomic E-state index is 10.3. The Morgan fingerprint density at radius 1 is 1.60 bits per heavy atom. The average Bonchev–Trinajstić information content (AvgIpc) is 1.58. The van der Waals surface area contributed by atoms with E-state index < -0.39 is 0 Å². The number of hydrogen-bond donors (Lipinski definition) is 3. The summed E-state index contributed by atoms with van der Waals surface area (Å²) in [4.78, 5) is 10.3. The van der Waals surface area contributed by atoms with Gasteiger partial charge in [-0.3, -0.25) is 10.2 Å². The molecule has 0 spiro atoms. The van der Waals surface area contributed by atoms with Crippen molar-refractivity contribution in [3.63, 3.8) is 0 Å². The predicted molar refractivity (Wildman–Crippen MR) is 37.9 cm³/mol. The van der Waals surface area contributed by atoms with Gasteiger partial charge in [0.1, 0.15) is 5.84 Å². The summed E-state index contributed by atoms with van der Waals surface area (Å²) in [7, 11) is 0. The molecule has 0 aromatic rings. The maximum absolute atomic E-state index is 10.3. The first-order chi connectivity index (χ1) is 4.52. The number of nitrogens with one attached hydrogen (secondary N) is 2. The van der Waals surface area contributed by atoms with Crippen molar-refractivity contribution in [3.8, 4) is 0 Å². The van der Waals surface area contributed by atoms with Gasteiger partial charge in [0.25, 0.3) is 0 Å². The van der Waals surface area contributed by atoms with Gasteiger partial charge in [0.15, 0.2) is 0 Å². The van der Waals surface area contributed by atoms with Gasteiger partial charge < -0.3 is 10.4 Å². The van der Waals surface area contributed by atoms with Gasteiger partial charge in [-0.2, -0.15) is 0 Å². The van der Waals surface area contributed by atoms with Gasteiger partial charge in [0.2, 0.25) is 5.91 Å². The molecule has 0 saturated heterocycles. The van der Waals surface area contributed by atoms with Crippen molar-refractivity contribution in [2.75, 3.05) is 0 Å². The van der Waals surface area contributed by atoms with Crippen LogP contribution in [0.3, 0.4) is 0 Å². The molecule has 0 aromatic heterocycles. The van der Waals surface area contributed by atoms with Crippen LogP contribution in [0.2, 0.25) is 0 Å². The highest BCUT2D eigenvalue weighted by Gasteiger charge is 1.93. The largest absolute Gasteiger partial charge is 0.512 e. The predicted octanol–water partition coefficient (Wildman–Crippen LogP) is 0.562. The standard InChI is InChI=1S/C6H10N2O2/c1-4(9)3-6(7)8-5(2)10/h3,9H,1-2H3,(H2,7,8,10). The molecular formula is C6H10N2O2. The summed E-state index contributed by atoms with van der Waals surface area (Å²) in [5.41, 5.74) is 0. The highest BCUT2D eigenvalue weighted by atomic mass is 16.3. The monoisotopic (exact) mass is 142 g/mol. The molecule has 0 fully saturated rings. The Bertz CT molecular complexity index is 180. The fraction of sp³-hybridized carbons (Fsp3) is 0.333. The first-order valence-corrected chi connectivity index (χ1v) is 2.76. The van der Waals surface area contributed by atoms with Crippen LogP contribution in [0.4, 0.5) is 0 Å². The highest BCUT2D eigenvalue weighted by molar-refractivity contribution is 6.01. The van der Waals surface area contributed by atoms with E-state index in [1.54, 1.807) is 0 Å². The summed E-state index contributed by atoms with van der Waals surface area (Å²) in [5.74, 6) is -0.422. The van der Waals surface area contributed by atoms with E-state index in [4.69, 9.17) is 10.5 Å². The summed E-state index contributed by atoms with van der Waals surface area (Å²) < 4.78 is 0. The topological polar surface area (TPSA) is 73.2 Å². The van der Waals surface area contributed by atoms with Crippen molar-refractivity contribution < 1.29 is 9.90 Å². The molecule has 0 unspecified atom stereocenters. The van der Waals surface area contributed by atoms with E-state index in [1.807, 2.05) is 0 Å². The molecule has 4 heteroatoms. The van der Waals surface area contributed by atoms with Crippen LogP contribution in [-0.2, 0) is 4.79 Å². The summed E-state index contributed by atoms with van der Waals surface area (Å²) in [6.07, 6.45) is 1.15. The Balaban J connectivity index is 3.88. The molecule has 0 radical (unpaired) electrons. The fourth-order valence-corrected chi connectivity index (χ4v) is 0.435. The number of aliphatic hydroxyl groups is 1. The molecule has 0 saturated carbocycles. The molecule has 4 nitrogen and oxygen atoms in total. The van der Waals surface area contributed by atoms with Crippen LogP contribution in [0.1, 0.15) is 13.8 Å². The number of rotatable bonds is 1. The van der Waals surface area contributed by atoms with Gasteiger partial charge in [-0.15, -0.1) is 0 Å². The molecule has 0 aliphatic rings. The van der Waals surface area contributed by atoms with Crippen molar-refractivity contribution in [2.45, 2.75) is 13.8 Å². The lowest BCUT2D eigenvalue weighted by Crippen LogP contribution is -2.25. The van der Waals surface area contributed by atoms with Crippen LogP contribution >= 0.6 is 0 Å². The van der Waals surface area contributed by atoms with E-state index in [0.717, 1.165) is 6.08 Å². The normalized spacial score (nSPS) is 10.8. The first-order valence-electron chi connectivity index (χ1n) is 2.76. The van der Waals surface area contributed by atoms with Crippen LogP contribution < -0.4 is 5.32 Å². The maximum Gasteiger partial charge on any atom is 0.222 e. The van der Waals surface area contributed by atoms with Gasteiger partial charge in [0, 0.05) is 13.0 Å². The average molecular weight is 142 g/mol. The summed E-state index contributed by atoms with van der Waals surface area (Å²) in [5, 5.41) is 17.8. The lowest BCUT2D eigenvalue weighted by atomic mass is 10.4. The third-order valence-corrected chi connectivity index (χ3v) is 0.664. The lowest BCUT2D eigenvalue weighted by molar-refractivity contribution is -0.117. The minimum atomic E-state index is -0.317. The van der Waals surface area contributed by atoms with Crippen LogP contribution in [0.25, 0.3) is 0 Å². The molecule has 1 amide bonds. The zero-order valence-electron chi connectivity index (χ0n) is 5.93. The van der Waals surface area contributed by atoms with E-state index in [0.29, 0.717) is 0 Å². The van der Waals surface area contributed by atoms with Crippen molar-refractivity contribution in [2.24, 2.45) is 0 Å². The molecule has 0 heterocycles. The highest BCUT2D eigenvalue weighted by Crippen LogP contribution is 1.82. The molecule has 0 bridgehead atoms. The number of amides is 1. The van der Waals surface area contributed by atoms with E-state index >= 15 is 0 Å². The minimum absolute atomic E-state index is 0.00116. The smallest absolute Gasteiger partial charge is 0.222 e. The number of carbonyl (C=O) groups excluding carboxylic acids is 1. The molecule has 0 aromatic carbocycles. The van der Waals surface area contributed by atoms with Gasteiger partial charge >= 0.3 is 0 Å². The second-order valence-corrected chi connectivity index (χ2v) is 1.88. The third kappa shape index (κ3) is 4.83. The van der Waals surface area contributed by atoms with Crippen LogP contribution in [0.15, 0.2) is 11.8 Å². The van der Waals surface area contributed by atoms with E-state index in [9.17, 15) is 4.79 Å². The second kappa shape index (κ2) is 3.66.